The Morgan fingerprint density at radius 2 is 1.06 bits per heavy atom. The summed E-state index contributed by atoms with van der Waals surface area (Å²) in [6.07, 6.45) is 10.2. The van der Waals surface area contributed by atoms with Crippen molar-refractivity contribution >= 4 is 16.5 Å². The highest BCUT2D eigenvalue weighted by Crippen LogP contribution is 1.98. The normalized spacial score (nSPS) is 8.33. The average Bonchev–Trinajstić information content (AvgIpc) is 2.96. The molecule has 6 N–H and O–H groups in total. The minimum atomic E-state index is -3.13. The summed E-state index contributed by atoms with van der Waals surface area (Å²) in [4.78, 5) is 41.5. The van der Waals surface area contributed by atoms with E-state index in [1.54, 1.807) is 37.4 Å². The molecule has 0 aromatic carbocycles. The van der Waals surface area contributed by atoms with Gasteiger partial charge >= 0.3 is 16.5 Å². The van der Waals surface area contributed by atoms with Crippen molar-refractivity contribution in [3.63, 3.8) is 0 Å². The maximum atomic E-state index is 8.74. The minimum Gasteiger partial charge on any atom is -0.351 e. The van der Waals surface area contributed by atoms with E-state index in [0.29, 0.717) is 0 Å². The fraction of sp³-hybridized carbons (Fsp3) is 0. The van der Waals surface area contributed by atoms with Crippen LogP contribution in [0.25, 0.3) is 0 Å². The van der Waals surface area contributed by atoms with Crippen molar-refractivity contribution in [2.45, 2.75) is 0 Å². The van der Waals surface area contributed by atoms with E-state index in [0.717, 1.165) is 0 Å². The highest BCUT2D eigenvalue weighted by atomic mass is 31.1. The summed E-state index contributed by atoms with van der Waals surface area (Å²) in [6, 6.07) is 0. The number of hydrogen-bond donors (Lipinski definition) is 6. The number of imidazole rings is 2. The molecular weight excluding hydrogens is 286 g/mol. The second kappa shape index (κ2) is 15.7. The molecule has 12 heteroatoms. The van der Waals surface area contributed by atoms with Gasteiger partial charge in [-0.3, -0.25) is 9.13 Å². The molecule has 10 nitrogen and oxygen atoms in total. The van der Waals surface area contributed by atoms with E-state index in [1.165, 1.54) is 0 Å². The summed E-state index contributed by atoms with van der Waals surface area (Å²) >= 11 is 0. The summed E-state index contributed by atoms with van der Waals surface area (Å²) in [5.41, 5.74) is 0. The lowest BCUT2D eigenvalue weighted by Crippen LogP contribution is -1.44. The molecule has 0 amide bonds. The van der Waals surface area contributed by atoms with Gasteiger partial charge in [-0.2, -0.15) is 0 Å². The van der Waals surface area contributed by atoms with E-state index < -0.39 is 16.5 Å². The topological polar surface area (TPSA) is 172 Å². The number of aromatic amines is 2. The third kappa shape index (κ3) is 36.4. The smallest absolute Gasteiger partial charge is 0.314 e. The van der Waals surface area contributed by atoms with Crippen molar-refractivity contribution in [2.75, 3.05) is 0 Å². The molecule has 0 spiro atoms. The van der Waals surface area contributed by atoms with Gasteiger partial charge in [-0.25, -0.2) is 9.97 Å². The maximum Gasteiger partial charge on any atom is 0.314 e. The Balaban J connectivity index is 0. The second-order valence-electron chi connectivity index (χ2n) is 2.09. The van der Waals surface area contributed by atoms with Gasteiger partial charge in [-0.15, -0.1) is 0 Å². The van der Waals surface area contributed by atoms with E-state index in [2.05, 4.69) is 19.9 Å². The number of H-pyrrole nitrogens is 2. The fourth-order valence-electron chi connectivity index (χ4n) is 0.430. The number of hydrogen-bond acceptors (Lipinski definition) is 4. The van der Waals surface area contributed by atoms with Gasteiger partial charge < -0.3 is 29.5 Å². The number of aromatic nitrogens is 4. The molecule has 2 aromatic rings. The molecule has 104 valence electrons. The summed E-state index contributed by atoms with van der Waals surface area (Å²) < 4.78 is 17.5. The quantitative estimate of drug-likeness (QED) is 0.354. The molecular formula is C6H14N4O6P2. The fourth-order valence-corrected chi connectivity index (χ4v) is 0.430. The molecule has 2 aromatic heterocycles. The Kier molecular flexibility index (Phi) is 16.7. The monoisotopic (exact) mass is 300 g/mol. The molecule has 2 rings (SSSR count). The molecule has 0 fully saturated rings. The first-order chi connectivity index (χ1) is 8.46. The standard InChI is InChI=1S/2C3H4N2.2H3O3P/c2*1-2-5-3-4-1;2*1-4(2)3/h2*1-3H,(H,4,5);2*4H,(H2,1,2,3). The number of nitrogens with zero attached hydrogens (tertiary/aromatic N) is 2. The Bertz CT molecular complexity index is 300. The number of rotatable bonds is 0. The van der Waals surface area contributed by atoms with Gasteiger partial charge in [0.05, 0.1) is 12.7 Å². The molecule has 0 saturated heterocycles. The van der Waals surface area contributed by atoms with Crippen molar-refractivity contribution in [1.82, 2.24) is 19.9 Å². The average molecular weight is 300 g/mol. The first-order valence-corrected chi connectivity index (χ1v) is 6.76. The predicted molar refractivity (Wildman–Crippen MR) is 64.1 cm³/mol. The molecule has 0 saturated carbocycles. The van der Waals surface area contributed by atoms with Crippen LogP contribution >= 0.6 is 16.5 Å². The molecule has 0 unspecified atom stereocenters. The summed E-state index contributed by atoms with van der Waals surface area (Å²) in [5.74, 6) is 0. The lowest BCUT2D eigenvalue weighted by molar-refractivity contribution is 0.403. The first kappa shape index (κ1) is 19.1. The van der Waals surface area contributed by atoms with Crippen LogP contribution in [0.2, 0.25) is 0 Å². The molecule has 0 aliphatic heterocycles. The Morgan fingerprint density at radius 1 is 0.778 bits per heavy atom. The van der Waals surface area contributed by atoms with Crippen LogP contribution in [0.5, 0.6) is 0 Å². The van der Waals surface area contributed by atoms with Crippen molar-refractivity contribution in [3.05, 3.63) is 37.4 Å². The van der Waals surface area contributed by atoms with E-state index in [1.807, 2.05) is 0 Å². The van der Waals surface area contributed by atoms with E-state index in [9.17, 15) is 0 Å². The SMILES string of the molecule is O=[PH](O)O.O=[PH](O)O.c1c[nH]cn1.c1c[nH]cn1. The summed E-state index contributed by atoms with van der Waals surface area (Å²) in [7, 11) is -6.26. The largest absolute Gasteiger partial charge is 0.351 e. The van der Waals surface area contributed by atoms with Gasteiger partial charge in [0, 0.05) is 24.8 Å². The third-order valence-corrected chi connectivity index (χ3v) is 0.812. The molecule has 0 atom stereocenters. The zero-order chi connectivity index (χ0) is 14.2. The Morgan fingerprint density at radius 3 is 1.11 bits per heavy atom. The van der Waals surface area contributed by atoms with E-state index >= 15 is 0 Å². The summed E-state index contributed by atoms with van der Waals surface area (Å²) in [5, 5.41) is 0. The molecule has 0 aliphatic rings. The van der Waals surface area contributed by atoms with Gasteiger partial charge in [0.25, 0.3) is 0 Å². The van der Waals surface area contributed by atoms with Crippen LogP contribution in [0.3, 0.4) is 0 Å². The lowest BCUT2D eigenvalue weighted by Gasteiger charge is -1.61. The molecule has 0 aliphatic carbocycles. The first-order valence-electron chi connectivity index (χ1n) is 4.16. The van der Waals surface area contributed by atoms with Crippen LogP contribution in [0.15, 0.2) is 37.4 Å². The highest BCUT2D eigenvalue weighted by Gasteiger charge is 1.62. The van der Waals surface area contributed by atoms with Crippen LogP contribution in [0.4, 0.5) is 0 Å². The van der Waals surface area contributed by atoms with Crippen LogP contribution < -0.4 is 0 Å². The molecule has 2 heterocycles. The number of nitrogens with one attached hydrogen (secondary N) is 2. The van der Waals surface area contributed by atoms with Gasteiger partial charge in [0.2, 0.25) is 0 Å². The Labute approximate surface area is 103 Å². The van der Waals surface area contributed by atoms with Gasteiger partial charge in [0.1, 0.15) is 0 Å². The van der Waals surface area contributed by atoms with Crippen molar-refractivity contribution in [3.8, 4) is 0 Å². The zero-order valence-electron chi connectivity index (χ0n) is 8.96. The molecule has 0 bridgehead atoms. The molecule has 18 heavy (non-hydrogen) atoms. The van der Waals surface area contributed by atoms with Gasteiger partial charge in [-0.05, 0) is 0 Å². The van der Waals surface area contributed by atoms with E-state index in [4.69, 9.17) is 28.7 Å². The summed E-state index contributed by atoms with van der Waals surface area (Å²) in [6.45, 7) is 0. The second-order valence-corrected chi connectivity index (χ2v) is 3.22. The van der Waals surface area contributed by atoms with Crippen molar-refractivity contribution in [2.24, 2.45) is 0 Å². The van der Waals surface area contributed by atoms with E-state index in [-0.39, 0.29) is 0 Å². The van der Waals surface area contributed by atoms with Crippen LogP contribution in [0.1, 0.15) is 0 Å². The van der Waals surface area contributed by atoms with Crippen LogP contribution in [0, 0.1) is 0 Å². The zero-order valence-corrected chi connectivity index (χ0v) is 11.0. The van der Waals surface area contributed by atoms with Crippen molar-refractivity contribution < 1.29 is 28.7 Å². The van der Waals surface area contributed by atoms with Gasteiger partial charge in [0.15, 0.2) is 0 Å². The molecule has 0 radical (unpaired) electrons. The van der Waals surface area contributed by atoms with Crippen molar-refractivity contribution in [1.29, 1.82) is 0 Å². The van der Waals surface area contributed by atoms with Crippen LogP contribution in [-0.2, 0) is 9.13 Å². The maximum absolute atomic E-state index is 8.74. The van der Waals surface area contributed by atoms with Crippen LogP contribution in [-0.4, -0.2) is 39.5 Å². The minimum absolute atomic E-state index is 1.62. The van der Waals surface area contributed by atoms with Gasteiger partial charge in [-0.1, -0.05) is 0 Å². The third-order valence-electron chi connectivity index (χ3n) is 0.812. The Hall–Kier alpha value is -1.28. The highest BCUT2D eigenvalue weighted by molar-refractivity contribution is 7.31. The predicted octanol–water partition coefficient (Wildman–Crippen LogP) is -0.459. The lowest BCUT2D eigenvalue weighted by atomic mass is 11.0.